The summed E-state index contributed by atoms with van der Waals surface area (Å²) in [6.45, 7) is 2.23. The van der Waals surface area contributed by atoms with Crippen LogP contribution in [-0.2, 0) is 11.3 Å². The smallest absolute Gasteiger partial charge is 0.167 e. The number of rotatable bonds is 5. The average molecular weight is 371 g/mol. The second-order valence-corrected chi connectivity index (χ2v) is 6.62. The summed E-state index contributed by atoms with van der Waals surface area (Å²) in [4.78, 5) is 12.8. The van der Waals surface area contributed by atoms with Gasteiger partial charge in [-0.25, -0.2) is 15.0 Å². The first-order valence-corrected chi connectivity index (χ1v) is 8.68. The minimum absolute atomic E-state index is 0.389. The minimum atomic E-state index is -1.20. The molecule has 0 radical (unpaired) electrons. The molecule has 0 spiro atoms. The lowest BCUT2D eigenvalue weighted by Gasteiger charge is -2.16. The molecular formula is C18H21N5O4. The molecule has 4 atom stereocenters. The van der Waals surface area contributed by atoms with E-state index in [9.17, 15) is 15.3 Å². The van der Waals surface area contributed by atoms with Crippen LogP contribution in [0, 0.1) is 6.92 Å². The van der Waals surface area contributed by atoms with Crippen LogP contribution in [0.15, 0.2) is 36.9 Å². The van der Waals surface area contributed by atoms with E-state index in [0.29, 0.717) is 23.5 Å². The normalized spacial score (nSPS) is 25.2. The number of imidazole rings is 1. The average Bonchev–Trinajstić information content (AvgIpc) is 3.22. The SMILES string of the molecule is Cc1cccc(CNc2ncnc3c2ncn3[C@@H]2O[C@H](CO)[C@@H](O)[C@H]2O)c1. The first kappa shape index (κ1) is 17.8. The monoisotopic (exact) mass is 371 g/mol. The summed E-state index contributed by atoms with van der Waals surface area (Å²) in [5.74, 6) is 0.562. The fraction of sp³-hybridized carbons (Fsp3) is 0.389. The van der Waals surface area contributed by atoms with Crippen LogP contribution in [0.4, 0.5) is 5.82 Å². The standard InChI is InChI=1S/C18H21N5O4/c1-10-3-2-4-11(5-10)6-19-16-13-17(21-8-20-16)23(9-22-13)18-15(26)14(25)12(7-24)27-18/h2-5,8-9,12,14-15,18,24-26H,6-7H2,1H3,(H,19,20,21)/t12-,14-,15-,18-/m1/s1. The van der Waals surface area contributed by atoms with Gasteiger partial charge in [0.2, 0.25) is 0 Å². The van der Waals surface area contributed by atoms with E-state index in [1.807, 2.05) is 25.1 Å². The lowest BCUT2D eigenvalue weighted by molar-refractivity contribution is -0.0511. The summed E-state index contributed by atoms with van der Waals surface area (Å²) in [5.41, 5.74) is 3.29. The summed E-state index contributed by atoms with van der Waals surface area (Å²) in [5, 5.41) is 32.7. The highest BCUT2D eigenvalue weighted by molar-refractivity contribution is 5.82. The number of hydrogen-bond donors (Lipinski definition) is 4. The van der Waals surface area contributed by atoms with Crippen LogP contribution in [0.25, 0.3) is 11.2 Å². The number of fused-ring (bicyclic) bond motifs is 1. The van der Waals surface area contributed by atoms with Gasteiger partial charge >= 0.3 is 0 Å². The van der Waals surface area contributed by atoms with Crippen molar-refractivity contribution in [2.45, 2.75) is 38.0 Å². The van der Waals surface area contributed by atoms with E-state index < -0.39 is 24.5 Å². The molecule has 0 bridgehead atoms. The van der Waals surface area contributed by atoms with Crippen LogP contribution in [0.5, 0.6) is 0 Å². The van der Waals surface area contributed by atoms with Crippen molar-refractivity contribution in [3.8, 4) is 0 Å². The zero-order valence-electron chi connectivity index (χ0n) is 14.7. The predicted molar refractivity (Wildman–Crippen MR) is 96.8 cm³/mol. The van der Waals surface area contributed by atoms with E-state index in [0.717, 1.165) is 5.56 Å². The zero-order valence-corrected chi connectivity index (χ0v) is 14.7. The maximum absolute atomic E-state index is 10.2. The van der Waals surface area contributed by atoms with Gasteiger partial charge < -0.3 is 25.4 Å². The van der Waals surface area contributed by atoms with E-state index in [1.54, 1.807) is 4.57 Å². The molecule has 3 heterocycles. The van der Waals surface area contributed by atoms with Gasteiger partial charge in [0.1, 0.15) is 24.6 Å². The van der Waals surface area contributed by atoms with Crippen LogP contribution in [0.1, 0.15) is 17.4 Å². The topological polar surface area (TPSA) is 126 Å². The predicted octanol–water partition coefficient (Wildman–Crippen LogP) is 0.358. The molecule has 1 aromatic carbocycles. The molecule has 1 aliphatic heterocycles. The van der Waals surface area contributed by atoms with E-state index in [1.165, 1.54) is 18.2 Å². The number of hydrogen-bond acceptors (Lipinski definition) is 8. The van der Waals surface area contributed by atoms with Crippen molar-refractivity contribution >= 4 is 17.0 Å². The van der Waals surface area contributed by atoms with Crippen LogP contribution < -0.4 is 5.32 Å². The number of aliphatic hydroxyl groups is 3. The van der Waals surface area contributed by atoms with Crippen LogP contribution in [0.2, 0.25) is 0 Å². The number of anilines is 1. The van der Waals surface area contributed by atoms with Gasteiger partial charge in [0.15, 0.2) is 23.2 Å². The number of ether oxygens (including phenoxy) is 1. The molecule has 9 nitrogen and oxygen atoms in total. The maximum atomic E-state index is 10.2. The summed E-state index contributed by atoms with van der Waals surface area (Å²) >= 11 is 0. The second kappa shape index (κ2) is 7.20. The zero-order chi connectivity index (χ0) is 19.0. The molecule has 1 saturated heterocycles. The third-order valence-corrected chi connectivity index (χ3v) is 4.69. The molecular weight excluding hydrogens is 350 g/mol. The number of nitrogens with zero attached hydrogens (tertiary/aromatic N) is 4. The Hall–Kier alpha value is -2.59. The number of benzene rings is 1. The van der Waals surface area contributed by atoms with Crippen LogP contribution in [0.3, 0.4) is 0 Å². The van der Waals surface area contributed by atoms with Crippen molar-refractivity contribution in [1.29, 1.82) is 0 Å². The molecule has 0 unspecified atom stereocenters. The van der Waals surface area contributed by atoms with Gasteiger partial charge in [0.25, 0.3) is 0 Å². The van der Waals surface area contributed by atoms with Gasteiger partial charge in [-0.05, 0) is 12.5 Å². The highest BCUT2D eigenvalue weighted by Crippen LogP contribution is 2.32. The van der Waals surface area contributed by atoms with Crippen molar-refractivity contribution in [1.82, 2.24) is 19.5 Å². The second-order valence-electron chi connectivity index (χ2n) is 6.62. The Bertz CT molecular complexity index is 946. The quantitative estimate of drug-likeness (QED) is 0.507. The third kappa shape index (κ3) is 3.26. The van der Waals surface area contributed by atoms with E-state index >= 15 is 0 Å². The Labute approximate surface area is 155 Å². The fourth-order valence-corrected chi connectivity index (χ4v) is 3.29. The molecule has 2 aromatic heterocycles. The molecule has 0 aliphatic carbocycles. The van der Waals surface area contributed by atoms with Crippen molar-refractivity contribution in [2.24, 2.45) is 0 Å². The molecule has 1 aliphatic rings. The number of aryl methyl sites for hydroxylation is 1. The molecule has 0 saturated carbocycles. The number of aromatic nitrogens is 4. The summed E-state index contributed by atoms with van der Waals surface area (Å²) in [6.07, 6.45) is -1.24. The molecule has 4 rings (SSSR count). The highest BCUT2D eigenvalue weighted by Gasteiger charge is 2.44. The number of nitrogens with one attached hydrogen (secondary N) is 1. The lowest BCUT2D eigenvalue weighted by Crippen LogP contribution is -2.33. The molecule has 4 N–H and O–H groups in total. The van der Waals surface area contributed by atoms with Gasteiger partial charge in [-0.1, -0.05) is 29.8 Å². The third-order valence-electron chi connectivity index (χ3n) is 4.69. The molecule has 1 fully saturated rings. The minimum Gasteiger partial charge on any atom is -0.394 e. The molecule has 142 valence electrons. The Morgan fingerprint density at radius 2 is 2.04 bits per heavy atom. The fourth-order valence-electron chi connectivity index (χ4n) is 3.29. The van der Waals surface area contributed by atoms with E-state index in [4.69, 9.17) is 4.74 Å². The summed E-state index contributed by atoms with van der Waals surface area (Å²) in [6, 6.07) is 8.15. The lowest BCUT2D eigenvalue weighted by atomic mass is 10.1. The largest absolute Gasteiger partial charge is 0.394 e. The molecule has 0 amide bonds. The van der Waals surface area contributed by atoms with Crippen molar-refractivity contribution in [3.63, 3.8) is 0 Å². The van der Waals surface area contributed by atoms with Crippen molar-refractivity contribution in [2.75, 3.05) is 11.9 Å². The molecule has 27 heavy (non-hydrogen) atoms. The van der Waals surface area contributed by atoms with Gasteiger partial charge in [0, 0.05) is 6.54 Å². The highest BCUT2D eigenvalue weighted by atomic mass is 16.6. The first-order chi connectivity index (χ1) is 13.1. The van der Waals surface area contributed by atoms with Gasteiger partial charge in [-0.3, -0.25) is 4.57 Å². The Kier molecular flexibility index (Phi) is 4.75. The van der Waals surface area contributed by atoms with Crippen molar-refractivity contribution in [3.05, 3.63) is 48.0 Å². The van der Waals surface area contributed by atoms with E-state index in [2.05, 4.69) is 26.3 Å². The number of aliphatic hydroxyl groups excluding tert-OH is 3. The van der Waals surface area contributed by atoms with Gasteiger partial charge in [-0.15, -0.1) is 0 Å². The summed E-state index contributed by atoms with van der Waals surface area (Å²) in [7, 11) is 0. The molecule has 9 heteroatoms. The van der Waals surface area contributed by atoms with Crippen molar-refractivity contribution < 1.29 is 20.1 Å². The Morgan fingerprint density at radius 1 is 1.19 bits per heavy atom. The summed E-state index contributed by atoms with van der Waals surface area (Å²) < 4.78 is 7.10. The van der Waals surface area contributed by atoms with Crippen LogP contribution >= 0.6 is 0 Å². The maximum Gasteiger partial charge on any atom is 0.167 e. The van der Waals surface area contributed by atoms with E-state index in [-0.39, 0.29) is 6.61 Å². The van der Waals surface area contributed by atoms with Crippen LogP contribution in [-0.4, -0.2) is 59.8 Å². The Morgan fingerprint density at radius 3 is 2.78 bits per heavy atom. The first-order valence-electron chi connectivity index (χ1n) is 8.68. The molecule has 3 aromatic rings. The van der Waals surface area contributed by atoms with Gasteiger partial charge in [0.05, 0.1) is 12.9 Å². The Balaban J connectivity index is 1.60. The van der Waals surface area contributed by atoms with Gasteiger partial charge in [-0.2, -0.15) is 0 Å².